The van der Waals surface area contributed by atoms with E-state index in [0.717, 1.165) is 17.7 Å². The maximum atomic E-state index is 4.52. The number of rotatable bonds is 3. The van der Waals surface area contributed by atoms with E-state index in [-0.39, 0.29) is 0 Å². The summed E-state index contributed by atoms with van der Waals surface area (Å²) in [6.07, 6.45) is 2.93. The van der Waals surface area contributed by atoms with Crippen LogP contribution in [0.3, 0.4) is 0 Å². The van der Waals surface area contributed by atoms with E-state index in [1.165, 1.54) is 5.56 Å². The van der Waals surface area contributed by atoms with Gasteiger partial charge < -0.3 is 0 Å². The molecule has 16 heavy (non-hydrogen) atoms. The zero-order chi connectivity index (χ0) is 11.2. The van der Waals surface area contributed by atoms with Crippen LogP contribution in [-0.2, 0) is 6.42 Å². The standard InChI is InChI=1S/C15H15N/c1-2-14-10-6-7-11-15(14)16-12-13-8-4-3-5-9-13/h3-12H,2H2,1H3. The Balaban J connectivity index is 2.24. The Labute approximate surface area is 96.5 Å². The Bertz CT molecular complexity index is 472. The lowest BCUT2D eigenvalue weighted by Gasteiger charge is -2.01. The summed E-state index contributed by atoms with van der Waals surface area (Å²) < 4.78 is 0. The predicted octanol–water partition coefficient (Wildman–Crippen LogP) is 4.00. The smallest absolute Gasteiger partial charge is 0.0661 e. The van der Waals surface area contributed by atoms with E-state index in [0.29, 0.717) is 0 Å². The summed E-state index contributed by atoms with van der Waals surface area (Å²) in [7, 11) is 0. The monoisotopic (exact) mass is 209 g/mol. The van der Waals surface area contributed by atoms with Crippen molar-refractivity contribution in [3.8, 4) is 0 Å². The van der Waals surface area contributed by atoms with Crippen LogP contribution in [0.2, 0.25) is 0 Å². The first-order valence-electron chi connectivity index (χ1n) is 5.57. The third-order valence-electron chi connectivity index (χ3n) is 2.52. The topological polar surface area (TPSA) is 12.4 Å². The molecule has 0 aliphatic carbocycles. The highest BCUT2D eigenvalue weighted by Crippen LogP contribution is 2.18. The average molecular weight is 209 g/mol. The zero-order valence-corrected chi connectivity index (χ0v) is 9.43. The lowest BCUT2D eigenvalue weighted by molar-refractivity contribution is 1.13. The van der Waals surface area contributed by atoms with E-state index in [1.807, 2.05) is 30.5 Å². The first-order chi connectivity index (χ1) is 7.90. The van der Waals surface area contributed by atoms with Gasteiger partial charge in [0.25, 0.3) is 0 Å². The molecule has 0 amide bonds. The summed E-state index contributed by atoms with van der Waals surface area (Å²) >= 11 is 0. The number of para-hydroxylation sites is 1. The van der Waals surface area contributed by atoms with Gasteiger partial charge in [0, 0.05) is 6.21 Å². The first-order valence-corrected chi connectivity index (χ1v) is 5.57. The van der Waals surface area contributed by atoms with Crippen molar-refractivity contribution >= 4 is 11.9 Å². The molecule has 0 fully saturated rings. The largest absolute Gasteiger partial charge is 0.256 e. The van der Waals surface area contributed by atoms with Gasteiger partial charge in [-0.15, -0.1) is 0 Å². The lowest BCUT2D eigenvalue weighted by Crippen LogP contribution is -1.82. The minimum absolute atomic E-state index is 1.02. The van der Waals surface area contributed by atoms with Crippen LogP contribution in [0, 0.1) is 0 Å². The van der Waals surface area contributed by atoms with Gasteiger partial charge in [0.2, 0.25) is 0 Å². The quantitative estimate of drug-likeness (QED) is 0.677. The van der Waals surface area contributed by atoms with E-state index in [9.17, 15) is 0 Å². The van der Waals surface area contributed by atoms with Crippen LogP contribution in [0.5, 0.6) is 0 Å². The lowest BCUT2D eigenvalue weighted by atomic mass is 10.1. The number of nitrogens with zero attached hydrogens (tertiary/aromatic N) is 1. The normalized spacial score (nSPS) is 10.8. The second-order valence-electron chi connectivity index (χ2n) is 3.65. The van der Waals surface area contributed by atoms with Crippen LogP contribution >= 0.6 is 0 Å². The predicted molar refractivity (Wildman–Crippen MR) is 69.5 cm³/mol. The Morgan fingerprint density at radius 3 is 2.38 bits per heavy atom. The van der Waals surface area contributed by atoms with Crippen molar-refractivity contribution in [2.75, 3.05) is 0 Å². The summed E-state index contributed by atoms with van der Waals surface area (Å²) in [5.74, 6) is 0. The maximum Gasteiger partial charge on any atom is 0.0661 e. The molecule has 0 saturated heterocycles. The molecule has 0 atom stereocenters. The molecule has 0 heterocycles. The first kappa shape index (κ1) is 10.6. The molecule has 0 N–H and O–H groups in total. The van der Waals surface area contributed by atoms with E-state index >= 15 is 0 Å². The SMILES string of the molecule is CCc1ccccc1N=Cc1ccccc1. The van der Waals surface area contributed by atoms with Crippen molar-refractivity contribution in [3.05, 3.63) is 65.7 Å². The molecule has 0 aliphatic rings. The minimum Gasteiger partial charge on any atom is -0.256 e. The molecule has 0 aromatic heterocycles. The Morgan fingerprint density at radius 2 is 1.62 bits per heavy atom. The van der Waals surface area contributed by atoms with Crippen LogP contribution in [0.25, 0.3) is 0 Å². The van der Waals surface area contributed by atoms with Gasteiger partial charge in [0.15, 0.2) is 0 Å². The van der Waals surface area contributed by atoms with Crippen molar-refractivity contribution < 1.29 is 0 Å². The van der Waals surface area contributed by atoms with Crippen molar-refractivity contribution in [2.45, 2.75) is 13.3 Å². The fourth-order valence-corrected chi connectivity index (χ4v) is 1.62. The van der Waals surface area contributed by atoms with E-state index < -0.39 is 0 Å². The minimum atomic E-state index is 1.02. The fraction of sp³-hybridized carbons (Fsp3) is 0.133. The Kier molecular flexibility index (Phi) is 3.50. The van der Waals surface area contributed by atoms with E-state index in [4.69, 9.17) is 0 Å². The molecule has 2 rings (SSSR count). The maximum absolute atomic E-state index is 4.52. The van der Waals surface area contributed by atoms with Crippen LogP contribution in [0.15, 0.2) is 59.6 Å². The van der Waals surface area contributed by atoms with Crippen molar-refractivity contribution in [1.82, 2.24) is 0 Å². The molecule has 1 heteroatoms. The number of hydrogen-bond donors (Lipinski definition) is 0. The fourth-order valence-electron chi connectivity index (χ4n) is 1.62. The summed E-state index contributed by atoms with van der Waals surface area (Å²) in [6.45, 7) is 2.15. The van der Waals surface area contributed by atoms with Gasteiger partial charge in [-0.1, -0.05) is 55.5 Å². The molecule has 1 nitrogen and oxygen atoms in total. The van der Waals surface area contributed by atoms with Crippen LogP contribution < -0.4 is 0 Å². The number of aryl methyl sites for hydroxylation is 1. The van der Waals surface area contributed by atoms with Gasteiger partial charge in [-0.05, 0) is 23.6 Å². The van der Waals surface area contributed by atoms with Crippen LogP contribution in [-0.4, -0.2) is 6.21 Å². The molecule has 0 saturated carbocycles. The third kappa shape index (κ3) is 2.57. The third-order valence-corrected chi connectivity index (χ3v) is 2.52. The van der Waals surface area contributed by atoms with Crippen molar-refractivity contribution in [2.24, 2.45) is 4.99 Å². The zero-order valence-electron chi connectivity index (χ0n) is 9.43. The highest BCUT2D eigenvalue weighted by Gasteiger charge is 1.95. The number of benzene rings is 2. The van der Waals surface area contributed by atoms with Crippen molar-refractivity contribution in [1.29, 1.82) is 0 Å². The number of hydrogen-bond acceptors (Lipinski definition) is 1. The molecule has 0 unspecified atom stereocenters. The van der Waals surface area contributed by atoms with E-state index in [2.05, 4.69) is 42.2 Å². The number of aliphatic imine (C=N–C) groups is 1. The summed E-state index contributed by atoms with van der Waals surface area (Å²) in [5.41, 5.74) is 3.48. The molecular weight excluding hydrogens is 194 g/mol. The van der Waals surface area contributed by atoms with Gasteiger partial charge in [-0.25, -0.2) is 0 Å². The molecule has 0 bridgehead atoms. The summed E-state index contributed by atoms with van der Waals surface area (Å²) in [4.78, 5) is 4.52. The molecular formula is C15H15N. The van der Waals surface area contributed by atoms with Gasteiger partial charge in [-0.2, -0.15) is 0 Å². The van der Waals surface area contributed by atoms with Crippen LogP contribution in [0.1, 0.15) is 18.1 Å². The Morgan fingerprint density at radius 1 is 0.938 bits per heavy atom. The molecule has 2 aromatic rings. The molecule has 0 radical (unpaired) electrons. The van der Waals surface area contributed by atoms with Gasteiger partial charge in [0.05, 0.1) is 5.69 Å². The molecule has 0 spiro atoms. The Hall–Kier alpha value is -1.89. The second kappa shape index (κ2) is 5.26. The molecule has 80 valence electrons. The highest BCUT2D eigenvalue weighted by atomic mass is 14.7. The second-order valence-corrected chi connectivity index (χ2v) is 3.65. The highest BCUT2D eigenvalue weighted by molar-refractivity contribution is 5.82. The van der Waals surface area contributed by atoms with Crippen molar-refractivity contribution in [3.63, 3.8) is 0 Å². The van der Waals surface area contributed by atoms with Gasteiger partial charge in [-0.3, -0.25) is 4.99 Å². The summed E-state index contributed by atoms with van der Waals surface area (Å²) in [5, 5.41) is 0. The van der Waals surface area contributed by atoms with Gasteiger partial charge >= 0.3 is 0 Å². The van der Waals surface area contributed by atoms with E-state index in [1.54, 1.807) is 0 Å². The summed E-state index contributed by atoms with van der Waals surface area (Å²) in [6, 6.07) is 18.4. The molecule has 0 aliphatic heterocycles. The average Bonchev–Trinajstić information content (AvgIpc) is 2.38. The van der Waals surface area contributed by atoms with Crippen LogP contribution in [0.4, 0.5) is 5.69 Å². The molecule has 2 aromatic carbocycles. The van der Waals surface area contributed by atoms with Gasteiger partial charge in [0.1, 0.15) is 0 Å².